The van der Waals surface area contributed by atoms with Gasteiger partial charge in [0, 0.05) is 18.5 Å². The zero-order valence-electron chi connectivity index (χ0n) is 19.2. The Balaban J connectivity index is 1.60. The van der Waals surface area contributed by atoms with Crippen LogP contribution in [0, 0.1) is 13.8 Å². The lowest BCUT2D eigenvalue weighted by atomic mass is 9.92. The van der Waals surface area contributed by atoms with Gasteiger partial charge in [0.05, 0.1) is 17.6 Å². The highest BCUT2D eigenvalue weighted by molar-refractivity contribution is 5.90. The van der Waals surface area contributed by atoms with E-state index in [2.05, 4.69) is 47.3 Å². The van der Waals surface area contributed by atoms with E-state index >= 15 is 0 Å². The molecule has 0 fully saturated rings. The lowest BCUT2D eigenvalue weighted by molar-refractivity contribution is -0.116. The molecule has 0 bridgehead atoms. The lowest BCUT2D eigenvalue weighted by Gasteiger charge is -2.13. The van der Waals surface area contributed by atoms with Crippen molar-refractivity contribution in [3.05, 3.63) is 64.0 Å². The molecule has 4 aromatic rings. The topological polar surface area (TPSA) is 99.6 Å². The molecular weight excluding hydrogens is 406 g/mol. The van der Waals surface area contributed by atoms with Crippen LogP contribution < -0.4 is 10.9 Å². The zero-order valence-corrected chi connectivity index (χ0v) is 19.2. The van der Waals surface area contributed by atoms with Gasteiger partial charge in [-0.05, 0) is 37.1 Å². The molecule has 0 aliphatic heterocycles. The van der Waals surface area contributed by atoms with Gasteiger partial charge >= 0.3 is 0 Å². The average molecular weight is 434 g/mol. The molecule has 0 unspecified atom stereocenters. The van der Waals surface area contributed by atoms with Crippen molar-refractivity contribution in [1.82, 2.24) is 29.1 Å². The van der Waals surface area contributed by atoms with Crippen LogP contribution in [0.4, 0.5) is 5.82 Å². The van der Waals surface area contributed by atoms with E-state index in [9.17, 15) is 9.59 Å². The van der Waals surface area contributed by atoms with Gasteiger partial charge < -0.3 is 5.32 Å². The van der Waals surface area contributed by atoms with Gasteiger partial charge in [-0.15, -0.1) is 0 Å². The summed E-state index contributed by atoms with van der Waals surface area (Å²) in [6, 6.07) is 7.89. The summed E-state index contributed by atoms with van der Waals surface area (Å²) in [5.41, 5.74) is 3.90. The first-order valence-corrected chi connectivity index (χ1v) is 10.4. The van der Waals surface area contributed by atoms with E-state index in [4.69, 9.17) is 0 Å². The van der Waals surface area contributed by atoms with E-state index in [0.717, 1.165) is 22.5 Å². The van der Waals surface area contributed by atoms with Crippen molar-refractivity contribution in [1.29, 1.82) is 0 Å². The number of aromatic nitrogens is 6. The summed E-state index contributed by atoms with van der Waals surface area (Å²) >= 11 is 0. The van der Waals surface area contributed by atoms with Gasteiger partial charge in [-0.25, -0.2) is 9.67 Å². The third-order valence-corrected chi connectivity index (χ3v) is 5.24. The van der Waals surface area contributed by atoms with Crippen molar-refractivity contribution >= 4 is 22.8 Å². The van der Waals surface area contributed by atoms with Crippen molar-refractivity contribution in [2.75, 3.05) is 5.32 Å². The lowest BCUT2D eigenvalue weighted by Crippen LogP contribution is -2.28. The van der Waals surface area contributed by atoms with Crippen molar-refractivity contribution < 1.29 is 4.79 Å². The van der Waals surface area contributed by atoms with Crippen LogP contribution in [-0.2, 0) is 23.8 Å². The second-order valence-corrected chi connectivity index (χ2v) is 9.15. The van der Waals surface area contributed by atoms with E-state index in [1.165, 1.54) is 17.1 Å². The minimum atomic E-state index is -0.335. The zero-order chi connectivity index (χ0) is 23.2. The Morgan fingerprint density at radius 1 is 1.09 bits per heavy atom. The van der Waals surface area contributed by atoms with E-state index in [1.807, 2.05) is 32.0 Å². The largest absolute Gasteiger partial charge is 0.309 e. The predicted molar refractivity (Wildman–Crippen MR) is 123 cm³/mol. The molecule has 3 heterocycles. The van der Waals surface area contributed by atoms with E-state index in [0.29, 0.717) is 16.9 Å². The maximum atomic E-state index is 13.0. The van der Waals surface area contributed by atoms with E-state index in [-0.39, 0.29) is 23.4 Å². The molecule has 166 valence electrons. The highest BCUT2D eigenvalue weighted by Crippen LogP contribution is 2.23. The smallest absolute Gasteiger partial charge is 0.264 e. The Kier molecular flexibility index (Phi) is 5.20. The van der Waals surface area contributed by atoms with Crippen LogP contribution in [-0.4, -0.2) is 35.0 Å². The van der Waals surface area contributed by atoms with Gasteiger partial charge in [0.25, 0.3) is 5.56 Å². The van der Waals surface area contributed by atoms with E-state index in [1.54, 1.807) is 16.4 Å². The third-order valence-electron chi connectivity index (χ3n) is 5.24. The van der Waals surface area contributed by atoms with Gasteiger partial charge in [-0.1, -0.05) is 26.8 Å². The van der Waals surface area contributed by atoms with Crippen LogP contribution in [0.3, 0.4) is 0 Å². The molecule has 0 spiro atoms. The van der Waals surface area contributed by atoms with Crippen molar-refractivity contribution in [2.45, 2.75) is 46.6 Å². The Hall–Kier alpha value is -3.75. The Labute approximate surface area is 185 Å². The molecule has 1 amide bonds. The fourth-order valence-corrected chi connectivity index (χ4v) is 3.61. The molecule has 1 aromatic carbocycles. The summed E-state index contributed by atoms with van der Waals surface area (Å²) in [5.74, 6) is 0.239. The fourth-order valence-electron chi connectivity index (χ4n) is 3.61. The number of nitrogens with zero attached hydrogens (tertiary/aromatic N) is 6. The molecule has 1 N–H and O–H groups in total. The average Bonchev–Trinajstić information content (AvgIpc) is 3.27. The number of anilines is 1. The SMILES string of the molecule is Cc1cc(C)cc(-n2ncc3c(=O)n(CC(=O)Nc4cc(C(C)(C)C)nn4C)cnc32)c1. The molecule has 32 heavy (non-hydrogen) atoms. The summed E-state index contributed by atoms with van der Waals surface area (Å²) in [4.78, 5) is 30.0. The number of carbonyl (C=O) groups excluding carboxylic acids is 1. The summed E-state index contributed by atoms with van der Waals surface area (Å²) < 4.78 is 4.55. The number of rotatable bonds is 4. The van der Waals surface area contributed by atoms with Crippen molar-refractivity contribution in [3.63, 3.8) is 0 Å². The quantitative estimate of drug-likeness (QED) is 0.533. The first kappa shape index (κ1) is 21.5. The molecule has 0 radical (unpaired) electrons. The molecule has 0 aliphatic carbocycles. The van der Waals surface area contributed by atoms with Crippen molar-refractivity contribution in [3.8, 4) is 5.69 Å². The highest BCUT2D eigenvalue weighted by atomic mass is 16.2. The van der Waals surface area contributed by atoms with Gasteiger partial charge in [0.1, 0.15) is 24.1 Å². The van der Waals surface area contributed by atoms with Gasteiger partial charge in [-0.3, -0.25) is 18.8 Å². The molecular formula is C23H27N7O2. The molecule has 9 heteroatoms. The normalized spacial score (nSPS) is 11.8. The molecule has 0 saturated heterocycles. The first-order chi connectivity index (χ1) is 15.0. The van der Waals surface area contributed by atoms with Gasteiger partial charge in [0.2, 0.25) is 5.91 Å². The van der Waals surface area contributed by atoms with Gasteiger partial charge in [0.15, 0.2) is 5.65 Å². The van der Waals surface area contributed by atoms with Crippen LogP contribution in [0.5, 0.6) is 0 Å². The molecule has 9 nitrogen and oxygen atoms in total. The first-order valence-electron chi connectivity index (χ1n) is 10.4. The number of hydrogen-bond donors (Lipinski definition) is 1. The summed E-state index contributed by atoms with van der Waals surface area (Å²) in [6.07, 6.45) is 2.88. The Morgan fingerprint density at radius 3 is 2.41 bits per heavy atom. The number of fused-ring (bicyclic) bond motifs is 1. The molecule has 0 saturated carbocycles. The summed E-state index contributed by atoms with van der Waals surface area (Å²) in [5, 5.41) is 12.0. The Morgan fingerprint density at radius 2 is 1.78 bits per heavy atom. The monoisotopic (exact) mass is 433 g/mol. The van der Waals surface area contributed by atoms with E-state index < -0.39 is 0 Å². The summed E-state index contributed by atoms with van der Waals surface area (Å²) in [6.45, 7) is 10.0. The molecule has 0 atom stereocenters. The van der Waals surface area contributed by atoms with Crippen molar-refractivity contribution in [2.24, 2.45) is 7.05 Å². The minimum Gasteiger partial charge on any atom is -0.309 e. The van der Waals surface area contributed by atoms with Crippen LogP contribution in [0.1, 0.15) is 37.6 Å². The highest BCUT2D eigenvalue weighted by Gasteiger charge is 2.20. The molecule has 3 aromatic heterocycles. The second-order valence-electron chi connectivity index (χ2n) is 9.15. The van der Waals surface area contributed by atoms with Crippen LogP contribution >= 0.6 is 0 Å². The number of benzene rings is 1. The van der Waals surface area contributed by atoms with Crippen LogP contribution in [0.25, 0.3) is 16.7 Å². The Bertz CT molecular complexity index is 1370. The number of hydrogen-bond acceptors (Lipinski definition) is 5. The number of amides is 1. The maximum Gasteiger partial charge on any atom is 0.264 e. The number of nitrogens with one attached hydrogen (secondary N) is 1. The fraction of sp³-hybridized carbons (Fsp3) is 0.348. The van der Waals surface area contributed by atoms with Crippen LogP contribution in [0.2, 0.25) is 0 Å². The molecule has 0 aliphatic rings. The summed E-state index contributed by atoms with van der Waals surface area (Å²) in [7, 11) is 1.77. The number of carbonyl (C=O) groups is 1. The number of aryl methyl sites for hydroxylation is 3. The predicted octanol–water partition coefficient (Wildman–Crippen LogP) is 2.87. The van der Waals surface area contributed by atoms with Crippen LogP contribution in [0.15, 0.2) is 41.6 Å². The van der Waals surface area contributed by atoms with Gasteiger partial charge in [-0.2, -0.15) is 10.2 Å². The third kappa shape index (κ3) is 4.05. The minimum absolute atomic E-state index is 0.136. The second kappa shape index (κ2) is 7.74. The molecule has 4 rings (SSSR count). The standard InChI is InChI=1S/C23H27N7O2/c1-14-7-15(2)9-16(8-14)30-21-17(11-25-30)22(32)29(13-24-21)12-20(31)26-19-10-18(23(3,4)5)27-28(19)6/h7-11,13H,12H2,1-6H3,(H,26,31). The maximum absolute atomic E-state index is 13.0.